The lowest BCUT2D eigenvalue weighted by Gasteiger charge is -2.06. The smallest absolute Gasteiger partial charge is 0.243 e. The molecule has 0 saturated heterocycles. The van der Waals surface area contributed by atoms with Crippen LogP contribution >= 0.6 is 0 Å². The predicted octanol–water partition coefficient (Wildman–Crippen LogP) is -1.03. The van der Waals surface area contributed by atoms with Crippen molar-refractivity contribution in [2.24, 2.45) is 5.73 Å². The Hall–Kier alpha value is -1.89. The van der Waals surface area contributed by atoms with Crippen LogP contribution in [-0.4, -0.2) is 35.6 Å². The molecule has 0 fully saturated rings. The van der Waals surface area contributed by atoms with E-state index in [-0.39, 0.29) is 6.61 Å². The van der Waals surface area contributed by atoms with E-state index in [2.05, 4.69) is 15.3 Å². The summed E-state index contributed by atoms with van der Waals surface area (Å²) in [5.74, 6) is 0.0595. The molecular weight excluding hydrogens is 198 g/mol. The zero-order chi connectivity index (χ0) is 11.1. The zero-order valence-electron chi connectivity index (χ0n) is 8.14. The molecule has 1 aromatic heterocycles. The van der Waals surface area contributed by atoms with E-state index in [1.807, 2.05) is 0 Å². The van der Waals surface area contributed by atoms with Gasteiger partial charge in [0.15, 0.2) is 5.82 Å². The number of carbonyl (C=O) groups excluding carboxylic acids is 1. The molecule has 7 nitrogen and oxygen atoms in total. The highest BCUT2D eigenvalue weighted by Crippen LogP contribution is 2.10. The Morgan fingerprint density at radius 2 is 2.40 bits per heavy atom. The zero-order valence-corrected chi connectivity index (χ0v) is 8.14. The van der Waals surface area contributed by atoms with Crippen molar-refractivity contribution in [2.75, 3.05) is 30.8 Å². The summed E-state index contributed by atoms with van der Waals surface area (Å²) in [5.41, 5.74) is 10.9. The monoisotopic (exact) mass is 211 g/mol. The van der Waals surface area contributed by atoms with Gasteiger partial charge in [-0.1, -0.05) is 0 Å². The molecule has 5 N–H and O–H groups in total. The Morgan fingerprint density at radius 1 is 1.60 bits per heavy atom. The molecule has 0 aliphatic carbocycles. The average Bonchev–Trinajstić information content (AvgIpc) is 2.20. The summed E-state index contributed by atoms with van der Waals surface area (Å²) in [6.45, 7) is 0.766. The molecule has 0 spiro atoms. The third-order valence-corrected chi connectivity index (χ3v) is 1.52. The first-order valence-electron chi connectivity index (χ1n) is 4.35. The Balaban J connectivity index is 2.21. The summed E-state index contributed by atoms with van der Waals surface area (Å²) < 4.78 is 4.94. The molecule has 0 radical (unpaired) electrons. The molecule has 1 rings (SSSR count). The molecule has 1 heterocycles. The minimum Gasteiger partial charge on any atom is -0.394 e. The van der Waals surface area contributed by atoms with Crippen LogP contribution in [0.5, 0.6) is 0 Å². The quantitative estimate of drug-likeness (QED) is 0.518. The average molecular weight is 211 g/mol. The third kappa shape index (κ3) is 4.23. The van der Waals surface area contributed by atoms with Gasteiger partial charge in [-0.2, -0.15) is 0 Å². The summed E-state index contributed by atoms with van der Waals surface area (Å²) in [6, 6.07) is 0. The van der Waals surface area contributed by atoms with Crippen LogP contribution in [-0.2, 0) is 9.53 Å². The van der Waals surface area contributed by atoms with Crippen LogP contribution in [0.3, 0.4) is 0 Å². The normalized spacial score (nSPS) is 9.87. The summed E-state index contributed by atoms with van der Waals surface area (Å²) in [5, 5.41) is 2.93. The maximum Gasteiger partial charge on any atom is 0.243 e. The van der Waals surface area contributed by atoms with Gasteiger partial charge in [-0.05, 0) is 0 Å². The van der Waals surface area contributed by atoms with Crippen LogP contribution in [0.1, 0.15) is 0 Å². The summed E-state index contributed by atoms with van der Waals surface area (Å²) in [4.78, 5) is 18.0. The van der Waals surface area contributed by atoms with E-state index >= 15 is 0 Å². The first-order valence-corrected chi connectivity index (χ1v) is 4.35. The Morgan fingerprint density at radius 3 is 3.07 bits per heavy atom. The van der Waals surface area contributed by atoms with Crippen molar-refractivity contribution < 1.29 is 9.53 Å². The van der Waals surface area contributed by atoms with E-state index < -0.39 is 5.91 Å². The van der Waals surface area contributed by atoms with Gasteiger partial charge in [-0.25, -0.2) is 9.97 Å². The molecule has 0 atom stereocenters. The van der Waals surface area contributed by atoms with Crippen LogP contribution < -0.4 is 16.8 Å². The highest BCUT2D eigenvalue weighted by atomic mass is 16.5. The van der Waals surface area contributed by atoms with Gasteiger partial charge in [0.1, 0.15) is 12.9 Å². The first kappa shape index (κ1) is 11.2. The van der Waals surface area contributed by atoms with E-state index in [1.54, 1.807) is 0 Å². The topological polar surface area (TPSA) is 116 Å². The molecule has 1 amide bonds. The molecule has 0 aliphatic rings. The van der Waals surface area contributed by atoms with Crippen molar-refractivity contribution in [3.05, 3.63) is 12.5 Å². The van der Waals surface area contributed by atoms with Gasteiger partial charge in [-0.15, -0.1) is 0 Å². The van der Waals surface area contributed by atoms with Crippen LogP contribution in [0.4, 0.5) is 11.5 Å². The van der Waals surface area contributed by atoms with E-state index in [0.29, 0.717) is 24.7 Å². The number of primary amides is 1. The van der Waals surface area contributed by atoms with Gasteiger partial charge in [0, 0.05) is 6.54 Å². The van der Waals surface area contributed by atoms with Gasteiger partial charge in [0.05, 0.1) is 18.5 Å². The number of nitrogens with zero attached hydrogens (tertiary/aromatic N) is 2. The molecule has 0 aromatic carbocycles. The number of nitrogens with two attached hydrogens (primary N) is 2. The van der Waals surface area contributed by atoms with E-state index in [4.69, 9.17) is 16.2 Å². The number of ether oxygens (including phenoxy) is 1. The van der Waals surface area contributed by atoms with Gasteiger partial charge >= 0.3 is 0 Å². The van der Waals surface area contributed by atoms with Gasteiger partial charge in [0.25, 0.3) is 0 Å². The number of nitrogen functional groups attached to an aromatic ring is 1. The number of aromatic nitrogens is 2. The molecular formula is C8H13N5O2. The number of carbonyl (C=O) groups is 1. The second kappa shape index (κ2) is 5.76. The Kier molecular flexibility index (Phi) is 4.30. The van der Waals surface area contributed by atoms with Crippen molar-refractivity contribution in [1.29, 1.82) is 0 Å². The SMILES string of the molecule is NC(=O)COCCNc1ncncc1N. The second-order valence-corrected chi connectivity index (χ2v) is 2.77. The van der Waals surface area contributed by atoms with Gasteiger partial charge in [0.2, 0.25) is 5.91 Å². The minimum absolute atomic E-state index is 0.0824. The number of hydrogen-bond donors (Lipinski definition) is 3. The van der Waals surface area contributed by atoms with Crippen molar-refractivity contribution in [3.8, 4) is 0 Å². The molecule has 0 unspecified atom stereocenters. The number of amides is 1. The fraction of sp³-hybridized carbons (Fsp3) is 0.375. The molecule has 82 valence electrons. The minimum atomic E-state index is -0.489. The highest BCUT2D eigenvalue weighted by molar-refractivity contribution is 5.74. The lowest BCUT2D eigenvalue weighted by atomic mass is 10.5. The maximum absolute atomic E-state index is 10.3. The standard InChI is InChI=1S/C8H13N5O2/c9-6-3-11-5-13-8(6)12-1-2-15-4-7(10)14/h3,5H,1-2,4,9H2,(H2,10,14)(H,11,12,13). The van der Waals surface area contributed by atoms with Crippen molar-refractivity contribution in [3.63, 3.8) is 0 Å². The Labute approximate surface area is 86.8 Å². The lowest BCUT2D eigenvalue weighted by molar-refractivity contribution is -0.122. The molecule has 7 heteroatoms. The van der Waals surface area contributed by atoms with E-state index in [0.717, 1.165) is 0 Å². The fourth-order valence-corrected chi connectivity index (χ4v) is 0.902. The second-order valence-electron chi connectivity index (χ2n) is 2.77. The number of anilines is 2. The number of hydrogen-bond acceptors (Lipinski definition) is 6. The molecule has 0 aliphatic heterocycles. The maximum atomic E-state index is 10.3. The third-order valence-electron chi connectivity index (χ3n) is 1.52. The fourth-order valence-electron chi connectivity index (χ4n) is 0.902. The number of rotatable bonds is 6. The molecule has 15 heavy (non-hydrogen) atoms. The van der Waals surface area contributed by atoms with Crippen molar-refractivity contribution in [1.82, 2.24) is 9.97 Å². The summed E-state index contributed by atoms with van der Waals surface area (Å²) >= 11 is 0. The van der Waals surface area contributed by atoms with E-state index in [9.17, 15) is 4.79 Å². The van der Waals surface area contributed by atoms with Gasteiger partial charge < -0.3 is 21.5 Å². The van der Waals surface area contributed by atoms with Crippen molar-refractivity contribution in [2.45, 2.75) is 0 Å². The van der Waals surface area contributed by atoms with Crippen LogP contribution in [0.25, 0.3) is 0 Å². The Bertz CT molecular complexity index is 331. The van der Waals surface area contributed by atoms with Crippen LogP contribution in [0.15, 0.2) is 12.5 Å². The van der Waals surface area contributed by atoms with Crippen molar-refractivity contribution >= 4 is 17.4 Å². The number of nitrogens with one attached hydrogen (secondary N) is 1. The summed E-state index contributed by atoms with van der Waals surface area (Å²) in [6.07, 6.45) is 2.89. The first-order chi connectivity index (χ1) is 7.20. The molecule has 0 bridgehead atoms. The van der Waals surface area contributed by atoms with Crippen LogP contribution in [0, 0.1) is 0 Å². The highest BCUT2D eigenvalue weighted by Gasteiger charge is 1.98. The molecule has 1 aromatic rings. The molecule has 0 saturated carbocycles. The summed E-state index contributed by atoms with van der Waals surface area (Å²) in [7, 11) is 0. The van der Waals surface area contributed by atoms with Crippen LogP contribution in [0.2, 0.25) is 0 Å². The van der Waals surface area contributed by atoms with Gasteiger partial charge in [-0.3, -0.25) is 4.79 Å². The largest absolute Gasteiger partial charge is 0.394 e. The predicted molar refractivity (Wildman–Crippen MR) is 54.9 cm³/mol. The lowest BCUT2D eigenvalue weighted by Crippen LogP contribution is -2.21. The van der Waals surface area contributed by atoms with E-state index in [1.165, 1.54) is 12.5 Å².